The fourth-order valence-corrected chi connectivity index (χ4v) is 5.14. The molecule has 1 unspecified atom stereocenters. The van der Waals surface area contributed by atoms with E-state index in [0.29, 0.717) is 26.7 Å². The average Bonchev–Trinajstić information content (AvgIpc) is 3.08. The first kappa shape index (κ1) is 20.7. The quantitative estimate of drug-likeness (QED) is 0.468. The third-order valence-corrected chi connectivity index (χ3v) is 6.77. The van der Waals surface area contributed by atoms with E-state index in [1.165, 1.54) is 30.0 Å². The van der Waals surface area contributed by atoms with Crippen LogP contribution in [0.1, 0.15) is 18.2 Å². The van der Waals surface area contributed by atoms with Crippen molar-refractivity contribution in [2.24, 2.45) is 0 Å². The van der Waals surface area contributed by atoms with Crippen molar-refractivity contribution in [2.75, 3.05) is 11.1 Å². The number of carbonyl (C=O) groups excluding carboxylic acids is 1. The molecule has 154 valence electrons. The Hall–Kier alpha value is -2.58. The van der Waals surface area contributed by atoms with Crippen LogP contribution in [0.5, 0.6) is 0 Å². The van der Waals surface area contributed by atoms with Gasteiger partial charge >= 0.3 is 0 Å². The zero-order valence-electron chi connectivity index (χ0n) is 16.5. The van der Waals surface area contributed by atoms with Crippen molar-refractivity contribution in [3.05, 3.63) is 76.0 Å². The Kier molecular flexibility index (Phi) is 5.97. The molecular weight excluding hydrogens is 421 g/mol. The maximum Gasteiger partial charge on any atom is 0.272 e. The van der Waals surface area contributed by atoms with Crippen molar-refractivity contribution < 1.29 is 9.18 Å². The number of fused-ring (bicyclic) bond motifs is 1. The maximum atomic E-state index is 13.3. The van der Waals surface area contributed by atoms with Crippen molar-refractivity contribution in [3.8, 4) is 5.69 Å². The van der Waals surface area contributed by atoms with Crippen LogP contribution in [0.25, 0.3) is 5.69 Å². The van der Waals surface area contributed by atoms with Gasteiger partial charge in [0.1, 0.15) is 5.82 Å². The summed E-state index contributed by atoms with van der Waals surface area (Å²) in [5.41, 5.74) is 2.88. The minimum atomic E-state index is -0.416. The number of amides is 1. The van der Waals surface area contributed by atoms with Gasteiger partial charge < -0.3 is 5.32 Å². The Bertz CT molecular complexity index is 1160. The Balaban J connectivity index is 1.62. The van der Waals surface area contributed by atoms with E-state index in [-0.39, 0.29) is 17.2 Å². The minimum absolute atomic E-state index is 0.0519. The molecule has 0 spiro atoms. The predicted molar refractivity (Wildman–Crippen MR) is 119 cm³/mol. The molecule has 0 radical (unpaired) electrons. The first-order valence-corrected chi connectivity index (χ1v) is 11.3. The number of anilines is 1. The van der Waals surface area contributed by atoms with Gasteiger partial charge in [0.05, 0.1) is 22.0 Å². The van der Waals surface area contributed by atoms with Crippen LogP contribution in [-0.4, -0.2) is 26.5 Å². The number of benzene rings is 2. The Morgan fingerprint density at radius 2 is 2.07 bits per heavy atom. The van der Waals surface area contributed by atoms with Gasteiger partial charge in [0.2, 0.25) is 5.91 Å². The van der Waals surface area contributed by atoms with Crippen LogP contribution >= 0.6 is 23.5 Å². The van der Waals surface area contributed by atoms with Crippen LogP contribution in [0.3, 0.4) is 0 Å². The lowest BCUT2D eigenvalue weighted by Crippen LogP contribution is -2.24. The first-order valence-electron chi connectivity index (χ1n) is 9.48. The number of hydrogen-bond donors (Lipinski definition) is 1. The summed E-state index contributed by atoms with van der Waals surface area (Å²) in [6, 6.07) is 13.4. The average molecular weight is 442 g/mol. The highest BCUT2D eigenvalue weighted by Crippen LogP contribution is 2.34. The highest BCUT2D eigenvalue weighted by molar-refractivity contribution is 8.00. The van der Waals surface area contributed by atoms with E-state index in [1.807, 2.05) is 31.2 Å². The number of hydrogen-bond acceptors (Lipinski definition) is 5. The summed E-state index contributed by atoms with van der Waals surface area (Å²) in [7, 11) is 0. The predicted octanol–water partition coefficient (Wildman–Crippen LogP) is 4.45. The molecule has 4 rings (SSSR count). The van der Waals surface area contributed by atoms with Crippen molar-refractivity contribution in [1.82, 2.24) is 9.55 Å². The molecule has 8 heteroatoms. The lowest BCUT2D eigenvalue weighted by molar-refractivity contribution is -0.113. The molecule has 0 bridgehead atoms. The van der Waals surface area contributed by atoms with Crippen LogP contribution in [0, 0.1) is 12.7 Å². The summed E-state index contributed by atoms with van der Waals surface area (Å²) in [5, 5.41) is 3.45. The van der Waals surface area contributed by atoms with Crippen LogP contribution < -0.4 is 10.9 Å². The van der Waals surface area contributed by atoms with E-state index in [9.17, 15) is 14.0 Å². The Morgan fingerprint density at radius 3 is 2.80 bits per heavy atom. The molecule has 0 saturated carbocycles. The molecule has 1 N–H and O–H groups in total. The normalized spacial score (nSPS) is 15.1. The summed E-state index contributed by atoms with van der Waals surface area (Å²) in [6.07, 6.45) is 0.729. The van der Waals surface area contributed by atoms with Gasteiger partial charge in [-0.1, -0.05) is 42.4 Å². The molecular formula is C22H20FN3O2S2. The van der Waals surface area contributed by atoms with Gasteiger partial charge in [-0.2, -0.15) is 0 Å². The standard InChI is InChI=1S/C22H20FN3O2S2/c1-13-6-8-17(9-7-13)26-21(28)20-18(10-14(2)30-20)25-22(26)29-12-19(27)24-16-5-3-4-15(23)11-16/h3-9,11,14H,10,12H2,1-2H3,(H,24,27). The van der Waals surface area contributed by atoms with Crippen LogP contribution in [0.4, 0.5) is 10.1 Å². The summed E-state index contributed by atoms with van der Waals surface area (Å²) < 4.78 is 14.9. The van der Waals surface area contributed by atoms with Gasteiger partial charge in [-0.3, -0.25) is 14.2 Å². The lowest BCUT2D eigenvalue weighted by Gasteiger charge is -2.14. The molecule has 2 aromatic carbocycles. The van der Waals surface area contributed by atoms with E-state index in [0.717, 1.165) is 17.7 Å². The number of aromatic nitrogens is 2. The molecule has 3 aromatic rings. The molecule has 1 atom stereocenters. The molecule has 0 saturated heterocycles. The molecule has 30 heavy (non-hydrogen) atoms. The lowest BCUT2D eigenvalue weighted by atomic mass is 10.2. The van der Waals surface area contributed by atoms with Crippen LogP contribution in [0.15, 0.2) is 63.4 Å². The molecule has 1 aromatic heterocycles. The summed E-state index contributed by atoms with van der Waals surface area (Å²) in [5.74, 6) is -0.657. The SMILES string of the molecule is Cc1ccc(-n2c(SCC(=O)Nc3cccc(F)c3)nc3c(c2=O)SC(C)C3)cc1. The van der Waals surface area contributed by atoms with Gasteiger partial charge in [0.25, 0.3) is 5.56 Å². The number of nitrogens with one attached hydrogen (secondary N) is 1. The summed E-state index contributed by atoms with van der Waals surface area (Å²) in [4.78, 5) is 31.0. The highest BCUT2D eigenvalue weighted by atomic mass is 32.2. The van der Waals surface area contributed by atoms with Crippen molar-refractivity contribution in [3.63, 3.8) is 0 Å². The highest BCUT2D eigenvalue weighted by Gasteiger charge is 2.27. The smallest absolute Gasteiger partial charge is 0.272 e. The molecule has 2 heterocycles. The first-order chi connectivity index (χ1) is 14.4. The minimum Gasteiger partial charge on any atom is -0.325 e. The fourth-order valence-electron chi connectivity index (χ4n) is 3.21. The van der Waals surface area contributed by atoms with Crippen molar-refractivity contribution in [1.29, 1.82) is 0 Å². The van der Waals surface area contributed by atoms with E-state index in [4.69, 9.17) is 4.98 Å². The number of carbonyl (C=O) groups is 1. The second-order valence-electron chi connectivity index (χ2n) is 7.13. The number of aryl methyl sites for hydroxylation is 1. The van der Waals surface area contributed by atoms with Crippen LogP contribution in [-0.2, 0) is 11.2 Å². The second-order valence-corrected chi connectivity index (χ2v) is 9.52. The zero-order valence-corrected chi connectivity index (χ0v) is 18.1. The van der Waals surface area contributed by atoms with Crippen molar-refractivity contribution in [2.45, 2.75) is 35.6 Å². The van der Waals surface area contributed by atoms with E-state index >= 15 is 0 Å². The number of rotatable bonds is 5. The summed E-state index contributed by atoms with van der Waals surface area (Å²) in [6.45, 7) is 4.05. The Morgan fingerprint density at radius 1 is 1.30 bits per heavy atom. The number of thioether (sulfide) groups is 2. The van der Waals surface area contributed by atoms with E-state index < -0.39 is 5.82 Å². The summed E-state index contributed by atoms with van der Waals surface area (Å²) >= 11 is 2.74. The monoisotopic (exact) mass is 441 g/mol. The van der Waals surface area contributed by atoms with E-state index in [2.05, 4.69) is 12.2 Å². The molecule has 1 aliphatic heterocycles. The van der Waals surface area contributed by atoms with Crippen LogP contribution in [0.2, 0.25) is 0 Å². The van der Waals surface area contributed by atoms with Gasteiger partial charge in [0, 0.05) is 17.4 Å². The van der Waals surface area contributed by atoms with Gasteiger partial charge in [-0.25, -0.2) is 9.37 Å². The number of halogens is 1. The van der Waals surface area contributed by atoms with Gasteiger partial charge in [-0.05, 0) is 37.3 Å². The largest absolute Gasteiger partial charge is 0.325 e. The Labute approximate surface area is 182 Å². The van der Waals surface area contributed by atoms with Crippen molar-refractivity contribution >= 4 is 35.1 Å². The third kappa shape index (κ3) is 4.44. The van der Waals surface area contributed by atoms with Gasteiger partial charge in [0.15, 0.2) is 5.16 Å². The van der Waals surface area contributed by atoms with E-state index in [1.54, 1.807) is 22.4 Å². The topological polar surface area (TPSA) is 64.0 Å². The number of nitrogens with zero attached hydrogens (tertiary/aromatic N) is 2. The molecule has 1 aliphatic rings. The van der Waals surface area contributed by atoms with Gasteiger partial charge in [-0.15, -0.1) is 11.8 Å². The third-order valence-electron chi connectivity index (χ3n) is 4.61. The molecule has 0 aliphatic carbocycles. The molecule has 1 amide bonds. The molecule has 0 fully saturated rings. The second kappa shape index (κ2) is 8.65. The molecule has 5 nitrogen and oxygen atoms in total. The maximum absolute atomic E-state index is 13.3. The zero-order chi connectivity index (χ0) is 21.3. The fraction of sp³-hybridized carbons (Fsp3) is 0.227.